The summed E-state index contributed by atoms with van der Waals surface area (Å²) in [5.41, 5.74) is 3.96. The van der Waals surface area contributed by atoms with E-state index in [0.29, 0.717) is 6.61 Å². The highest BCUT2D eigenvalue weighted by Crippen LogP contribution is 2.37. The van der Waals surface area contributed by atoms with E-state index in [2.05, 4.69) is 10.6 Å². The molecule has 0 saturated heterocycles. The summed E-state index contributed by atoms with van der Waals surface area (Å²) in [6.45, 7) is 4.57. The van der Waals surface area contributed by atoms with Crippen molar-refractivity contribution in [3.8, 4) is 5.75 Å². The third-order valence-electron chi connectivity index (χ3n) is 4.62. The van der Waals surface area contributed by atoms with Crippen LogP contribution in [0.15, 0.2) is 54.6 Å². The number of nitrogens with one attached hydrogen (secondary N) is 2. The first-order valence-corrected chi connectivity index (χ1v) is 9.37. The number of ether oxygens (including phenoxy) is 1. The van der Waals surface area contributed by atoms with Crippen LogP contribution in [0.3, 0.4) is 0 Å². The largest absolute Gasteiger partial charge is 0.489 e. The van der Waals surface area contributed by atoms with Gasteiger partial charge in [-0.3, -0.25) is 4.79 Å². The standard InChI is InChI=1S/C21H20N2O2S/c1-13-14(2)26-21-18(13)20(24)22-19(23-21)16-8-10-17(11-9-16)25-12-15-6-4-3-5-7-15/h3-11,19,23H,12H2,1-2H3,(H,22,24)/t19-/m0/s1. The Labute approximate surface area is 156 Å². The van der Waals surface area contributed by atoms with E-state index in [1.54, 1.807) is 11.3 Å². The Morgan fingerprint density at radius 1 is 1.00 bits per heavy atom. The maximum atomic E-state index is 12.5. The van der Waals surface area contributed by atoms with Gasteiger partial charge in [-0.15, -0.1) is 11.3 Å². The van der Waals surface area contributed by atoms with Crippen LogP contribution in [0.2, 0.25) is 0 Å². The van der Waals surface area contributed by atoms with Gasteiger partial charge in [0.05, 0.1) is 5.56 Å². The molecule has 4 rings (SSSR count). The zero-order chi connectivity index (χ0) is 18.1. The van der Waals surface area contributed by atoms with E-state index in [1.807, 2.05) is 68.4 Å². The predicted molar refractivity (Wildman–Crippen MR) is 105 cm³/mol. The lowest BCUT2D eigenvalue weighted by Gasteiger charge is -2.26. The number of carbonyl (C=O) groups excluding carboxylic acids is 1. The number of hydrogen-bond donors (Lipinski definition) is 2. The fourth-order valence-corrected chi connectivity index (χ4v) is 4.12. The molecule has 1 aliphatic heterocycles. The number of fused-ring (bicyclic) bond motifs is 1. The fraction of sp³-hybridized carbons (Fsp3) is 0.190. The van der Waals surface area contributed by atoms with Gasteiger partial charge in [0, 0.05) is 4.88 Å². The molecule has 4 nitrogen and oxygen atoms in total. The van der Waals surface area contributed by atoms with E-state index in [4.69, 9.17) is 4.74 Å². The molecule has 2 N–H and O–H groups in total. The highest BCUT2D eigenvalue weighted by molar-refractivity contribution is 7.16. The van der Waals surface area contributed by atoms with E-state index in [1.165, 1.54) is 4.88 Å². The minimum atomic E-state index is -0.226. The molecule has 2 heterocycles. The Bertz CT molecular complexity index is 933. The Morgan fingerprint density at radius 3 is 2.46 bits per heavy atom. The maximum Gasteiger partial charge on any atom is 0.256 e. The van der Waals surface area contributed by atoms with Crippen LogP contribution in [0.25, 0.3) is 0 Å². The van der Waals surface area contributed by atoms with Gasteiger partial charge in [-0.1, -0.05) is 42.5 Å². The van der Waals surface area contributed by atoms with Crippen molar-refractivity contribution in [2.75, 3.05) is 5.32 Å². The quantitative estimate of drug-likeness (QED) is 0.699. The van der Waals surface area contributed by atoms with Crippen LogP contribution in [0.5, 0.6) is 5.75 Å². The Kier molecular flexibility index (Phi) is 4.39. The molecule has 1 atom stereocenters. The Morgan fingerprint density at radius 2 is 1.73 bits per heavy atom. The second kappa shape index (κ2) is 6.84. The van der Waals surface area contributed by atoms with Crippen molar-refractivity contribution in [3.05, 3.63) is 81.7 Å². The van der Waals surface area contributed by atoms with Crippen LogP contribution in [0.1, 0.15) is 38.1 Å². The average molecular weight is 364 g/mol. The molecule has 26 heavy (non-hydrogen) atoms. The van der Waals surface area contributed by atoms with Crippen molar-refractivity contribution in [1.82, 2.24) is 5.32 Å². The summed E-state index contributed by atoms with van der Waals surface area (Å²) >= 11 is 1.63. The molecule has 1 amide bonds. The van der Waals surface area contributed by atoms with Gasteiger partial charge in [-0.05, 0) is 42.7 Å². The second-order valence-electron chi connectivity index (χ2n) is 6.38. The van der Waals surface area contributed by atoms with Crippen molar-refractivity contribution in [2.24, 2.45) is 0 Å². The summed E-state index contributed by atoms with van der Waals surface area (Å²) in [5.74, 6) is 0.790. The van der Waals surface area contributed by atoms with Crippen molar-refractivity contribution >= 4 is 22.2 Å². The molecule has 132 valence electrons. The summed E-state index contributed by atoms with van der Waals surface area (Å²) in [6, 6.07) is 17.9. The molecule has 0 bridgehead atoms. The molecule has 0 fully saturated rings. The monoisotopic (exact) mass is 364 g/mol. The van der Waals surface area contributed by atoms with Gasteiger partial charge in [0.15, 0.2) is 0 Å². The van der Waals surface area contributed by atoms with Crippen LogP contribution in [0.4, 0.5) is 5.00 Å². The normalized spacial score (nSPS) is 15.8. The van der Waals surface area contributed by atoms with E-state index in [-0.39, 0.29) is 12.1 Å². The van der Waals surface area contributed by atoms with Gasteiger partial charge in [0.1, 0.15) is 23.5 Å². The molecule has 1 aliphatic rings. The van der Waals surface area contributed by atoms with Crippen molar-refractivity contribution < 1.29 is 9.53 Å². The lowest BCUT2D eigenvalue weighted by atomic mass is 10.1. The van der Waals surface area contributed by atoms with Gasteiger partial charge in [0.25, 0.3) is 5.91 Å². The van der Waals surface area contributed by atoms with E-state index in [9.17, 15) is 4.79 Å². The van der Waals surface area contributed by atoms with Gasteiger partial charge in [-0.2, -0.15) is 0 Å². The highest BCUT2D eigenvalue weighted by Gasteiger charge is 2.28. The lowest BCUT2D eigenvalue weighted by Crippen LogP contribution is -2.38. The van der Waals surface area contributed by atoms with E-state index >= 15 is 0 Å². The molecule has 0 aliphatic carbocycles. The number of rotatable bonds is 4. The summed E-state index contributed by atoms with van der Waals surface area (Å²) < 4.78 is 5.83. The molecule has 1 aromatic heterocycles. The van der Waals surface area contributed by atoms with Crippen molar-refractivity contribution in [1.29, 1.82) is 0 Å². The molecule has 0 saturated carbocycles. The first-order chi connectivity index (χ1) is 12.6. The van der Waals surface area contributed by atoms with E-state index in [0.717, 1.165) is 33.0 Å². The van der Waals surface area contributed by atoms with Gasteiger partial charge < -0.3 is 15.4 Å². The predicted octanol–water partition coefficient (Wildman–Crippen LogP) is 4.80. The van der Waals surface area contributed by atoms with Crippen molar-refractivity contribution in [3.63, 3.8) is 0 Å². The lowest BCUT2D eigenvalue weighted by molar-refractivity contribution is 0.0936. The number of thiophene rings is 1. The zero-order valence-corrected chi connectivity index (χ0v) is 15.5. The molecule has 5 heteroatoms. The third-order valence-corrected chi connectivity index (χ3v) is 5.76. The summed E-state index contributed by atoms with van der Waals surface area (Å²) in [6.07, 6.45) is -0.226. The van der Waals surface area contributed by atoms with Crippen LogP contribution in [-0.4, -0.2) is 5.91 Å². The average Bonchev–Trinajstić information content (AvgIpc) is 2.95. The second-order valence-corrected chi connectivity index (χ2v) is 7.61. The number of aryl methyl sites for hydroxylation is 1. The van der Waals surface area contributed by atoms with Crippen LogP contribution in [-0.2, 0) is 6.61 Å². The molecule has 2 aromatic carbocycles. The first-order valence-electron chi connectivity index (χ1n) is 8.56. The number of benzene rings is 2. The minimum Gasteiger partial charge on any atom is -0.489 e. The molecular weight excluding hydrogens is 344 g/mol. The molecule has 0 radical (unpaired) electrons. The number of carbonyl (C=O) groups is 1. The van der Waals surface area contributed by atoms with Gasteiger partial charge in [-0.25, -0.2) is 0 Å². The summed E-state index contributed by atoms with van der Waals surface area (Å²) in [4.78, 5) is 13.6. The summed E-state index contributed by atoms with van der Waals surface area (Å²) in [5, 5.41) is 7.41. The first kappa shape index (κ1) is 16.7. The number of anilines is 1. The van der Waals surface area contributed by atoms with Gasteiger partial charge >= 0.3 is 0 Å². The van der Waals surface area contributed by atoms with Crippen LogP contribution in [0, 0.1) is 13.8 Å². The van der Waals surface area contributed by atoms with Crippen LogP contribution < -0.4 is 15.4 Å². The SMILES string of the molecule is Cc1sc2c(c1C)C(=O)N[C@H](c1ccc(OCc3ccccc3)cc1)N2. The molecule has 0 spiro atoms. The Hall–Kier alpha value is -2.79. The maximum absolute atomic E-state index is 12.5. The van der Waals surface area contributed by atoms with Crippen molar-refractivity contribution in [2.45, 2.75) is 26.6 Å². The topological polar surface area (TPSA) is 50.4 Å². The number of amides is 1. The zero-order valence-electron chi connectivity index (χ0n) is 14.7. The molecule has 3 aromatic rings. The smallest absolute Gasteiger partial charge is 0.256 e. The van der Waals surface area contributed by atoms with Crippen LogP contribution >= 0.6 is 11.3 Å². The molecule has 0 unspecified atom stereocenters. The Balaban J connectivity index is 1.46. The molecular formula is C21H20N2O2S. The van der Waals surface area contributed by atoms with E-state index < -0.39 is 0 Å². The number of hydrogen-bond acceptors (Lipinski definition) is 4. The third kappa shape index (κ3) is 3.18. The highest BCUT2D eigenvalue weighted by atomic mass is 32.1. The van der Waals surface area contributed by atoms with Gasteiger partial charge in [0.2, 0.25) is 0 Å². The fourth-order valence-electron chi connectivity index (χ4n) is 3.04. The minimum absolute atomic E-state index is 0.0185. The summed E-state index contributed by atoms with van der Waals surface area (Å²) in [7, 11) is 0.